The van der Waals surface area contributed by atoms with Gasteiger partial charge in [-0.25, -0.2) is 14.2 Å². The van der Waals surface area contributed by atoms with Gasteiger partial charge in [0.2, 0.25) is 0 Å². The third kappa shape index (κ3) is 4.54. The minimum absolute atomic E-state index is 0.0593. The van der Waals surface area contributed by atoms with Gasteiger partial charge in [-0.05, 0) is 36.8 Å². The number of nitrogens with zero attached hydrogens (tertiary/aromatic N) is 5. The minimum Gasteiger partial charge on any atom is -0.495 e. The first kappa shape index (κ1) is 24.1. The summed E-state index contributed by atoms with van der Waals surface area (Å²) in [5.41, 5.74) is 0.704. The molecule has 0 spiro atoms. The highest BCUT2D eigenvalue weighted by Crippen LogP contribution is 2.22. The van der Waals surface area contributed by atoms with Gasteiger partial charge in [0.05, 0.1) is 30.3 Å². The molecule has 188 valence electrons. The molecule has 3 heterocycles. The molecule has 5 rings (SSSR count). The van der Waals surface area contributed by atoms with Crippen LogP contribution in [0.25, 0.3) is 22.4 Å². The van der Waals surface area contributed by atoms with E-state index in [4.69, 9.17) is 9.47 Å². The number of hydrogen-bond donors (Lipinski definition) is 0. The number of benzene rings is 2. The molecule has 5 aromatic rings. The third-order valence-corrected chi connectivity index (χ3v) is 5.96. The van der Waals surface area contributed by atoms with Gasteiger partial charge in [-0.3, -0.25) is 13.9 Å². The summed E-state index contributed by atoms with van der Waals surface area (Å²) in [5.74, 6) is -0.297. The molecule has 37 heavy (non-hydrogen) atoms. The third-order valence-electron chi connectivity index (χ3n) is 5.96. The molecule has 3 aromatic heterocycles. The summed E-state index contributed by atoms with van der Waals surface area (Å²) in [6.45, 7) is 2.51. The minimum atomic E-state index is -0.845. The number of hydrogen-bond acceptors (Lipinski definition) is 6. The average molecular weight is 502 g/mol. The van der Waals surface area contributed by atoms with Crippen molar-refractivity contribution in [3.8, 4) is 17.3 Å². The monoisotopic (exact) mass is 501 g/mol. The summed E-state index contributed by atoms with van der Waals surface area (Å²) in [5, 5.41) is 4.36. The summed E-state index contributed by atoms with van der Waals surface area (Å²) in [6, 6.07) is 19.3. The highest BCUT2D eigenvalue weighted by Gasteiger charge is 2.20. The molecule has 0 saturated carbocycles. The Morgan fingerprint density at radius 2 is 1.73 bits per heavy atom. The second-order valence-electron chi connectivity index (χ2n) is 8.22. The number of halogens is 1. The van der Waals surface area contributed by atoms with Crippen LogP contribution in [-0.4, -0.2) is 31.0 Å². The summed E-state index contributed by atoms with van der Waals surface area (Å²) in [6.07, 6.45) is 1.54. The van der Waals surface area contributed by atoms with E-state index in [1.165, 1.54) is 22.4 Å². The summed E-state index contributed by atoms with van der Waals surface area (Å²) < 4.78 is 30.0. The molecule has 0 aliphatic carbocycles. The number of ether oxygens (including phenoxy) is 2. The zero-order chi connectivity index (χ0) is 25.9. The van der Waals surface area contributed by atoms with Gasteiger partial charge in [0.1, 0.15) is 12.4 Å². The number of rotatable bonds is 8. The predicted octanol–water partition coefficient (Wildman–Crippen LogP) is 3.62. The number of methoxy groups -OCH3 is 1. The van der Waals surface area contributed by atoms with Crippen molar-refractivity contribution in [2.75, 3.05) is 7.11 Å². The summed E-state index contributed by atoms with van der Waals surface area (Å²) in [7, 11) is 1.51. The normalized spacial score (nSPS) is 11.2. The van der Waals surface area contributed by atoms with Crippen LogP contribution < -0.4 is 16.0 Å². The van der Waals surface area contributed by atoms with Crippen LogP contribution in [0.1, 0.15) is 18.3 Å². The first-order valence-corrected chi connectivity index (χ1v) is 11.7. The molecule has 0 amide bonds. The van der Waals surface area contributed by atoms with Crippen molar-refractivity contribution in [1.29, 1.82) is 0 Å². The standard InChI is InChI=1S/C27H24FN5O4/c1-3-31-24(17-37-16-18-9-5-4-6-10-18)30-33(27(31)35)25-20(28)15-19-21(29-25)13-14-32(26(19)34)22-11-7-8-12-23(22)36-2/h4-15H,3,16-17H2,1-2H3. The first-order chi connectivity index (χ1) is 18.0. The molecule has 0 unspecified atom stereocenters. The van der Waals surface area contributed by atoms with Gasteiger partial charge in [-0.2, -0.15) is 4.68 Å². The van der Waals surface area contributed by atoms with Crippen LogP contribution in [0.4, 0.5) is 4.39 Å². The van der Waals surface area contributed by atoms with E-state index in [-0.39, 0.29) is 23.3 Å². The fraction of sp³-hybridized carbons (Fsp3) is 0.185. The molecule has 0 aliphatic heterocycles. The van der Waals surface area contributed by atoms with Gasteiger partial charge >= 0.3 is 5.69 Å². The Hall–Kier alpha value is -4.57. The van der Waals surface area contributed by atoms with E-state index < -0.39 is 17.1 Å². The Labute approximate surface area is 211 Å². The highest BCUT2D eigenvalue weighted by molar-refractivity contribution is 5.79. The molecule has 0 radical (unpaired) electrons. The topological polar surface area (TPSA) is 93.2 Å². The zero-order valence-corrected chi connectivity index (χ0v) is 20.3. The van der Waals surface area contributed by atoms with E-state index in [2.05, 4.69) is 10.1 Å². The van der Waals surface area contributed by atoms with Gasteiger partial charge in [-0.1, -0.05) is 42.5 Å². The van der Waals surface area contributed by atoms with E-state index in [9.17, 15) is 9.59 Å². The Morgan fingerprint density at radius 1 is 0.973 bits per heavy atom. The maximum atomic E-state index is 15.3. The van der Waals surface area contributed by atoms with E-state index in [1.807, 2.05) is 30.3 Å². The van der Waals surface area contributed by atoms with Crippen molar-refractivity contribution in [3.63, 3.8) is 0 Å². The van der Waals surface area contributed by atoms with Crippen LogP contribution in [0.15, 0.2) is 82.5 Å². The predicted molar refractivity (Wildman–Crippen MR) is 136 cm³/mol. The molecular weight excluding hydrogens is 477 g/mol. The number of aromatic nitrogens is 5. The number of fused-ring (bicyclic) bond motifs is 1. The Morgan fingerprint density at radius 3 is 2.49 bits per heavy atom. The molecule has 0 fully saturated rings. The smallest absolute Gasteiger partial charge is 0.352 e. The molecule has 10 heteroatoms. The number of para-hydroxylation sites is 2. The van der Waals surface area contributed by atoms with Crippen LogP contribution >= 0.6 is 0 Å². The molecule has 2 aromatic carbocycles. The van der Waals surface area contributed by atoms with Crippen LogP contribution in [-0.2, 0) is 24.5 Å². The SMILES string of the molecule is CCn1c(COCc2ccccc2)nn(-c2nc3ccn(-c4ccccc4OC)c(=O)c3cc2F)c1=O. The van der Waals surface area contributed by atoms with E-state index in [1.54, 1.807) is 37.3 Å². The van der Waals surface area contributed by atoms with Crippen molar-refractivity contribution < 1.29 is 13.9 Å². The Bertz CT molecular complexity index is 1690. The van der Waals surface area contributed by atoms with Crippen LogP contribution in [0.3, 0.4) is 0 Å². The Balaban J connectivity index is 1.51. The largest absolute Gasteiger partial charge is 0.495 e. The van der Waals surface area contributed by atoms with E-state index >= 15 is 4.39 Å². The highest BCUT2D eigenvalue weighted by atomic mass is 19.1. The molecule has 0 aliphatic rings. The molecule has 0 bridgehead atoms. The molecule has 0 N–H and O–H groups in total. The summed E-state index contributed by atoms with van der Waals surface area (Å²) in [4.78, 5) is 30.5. The lowest BCUT2D eigenvalue weighted by Gasteiger charge is -2.11. The Kier molecular flexibility index (Phi) is 6.65. The van der Waals surface area contributed by atoms with Gasteiger partial charge in [0.15, 0.2) is 17.5 Å². The van der Waals surface area contributed by atoms with E-state index in [0.717, 1.165) is 16.3 Å². The lowest BCUT2D eigenvalue weighted by Crippen LogP contribution is -2.26. The van der Waals surface area contributed by atoms with Gasteiger partial charge < -0.3 is 9.47 Å². The van der Waals surface area contributed by atoms with Crippen LogP contribution in [0, 0.1) is 5.82 Å². The molecule has 0 atom stereocenters. The first-order valence-electron chi connectivity index (χ1n) is 11.7. The van der Waals surface area contributed by atoms with E-state index in [0.29, 0.717) is 30.4 Å². The fourth-order valence-corrected chi connectivity index (χ4v) is 4.13. The average Bonchev–Trinajstić information content (AvgIpc) is 3.24. The molecule has 9 nitrogen and oxygen atoms in total. The maximum Gasteiger partial charge on any atom is 0.352 e. The number of pyridine rings is 2. The second kappa shape index (κ2) is 10.2. The van der Waals surface area contributed by atoms with Gasteiger partial charge in [0, 0.05) is 12.7 Å². The summed E-state index contributed by atoms with van der Waals surface area (Å²) >= 11 is 0. The lowest BCUT2D eigenvalue weighted by atomic mass is 10.2. The van der Waals surface area contributed by atoms with Gasteiger partial charge in [0.25, 0.3) is 5.56 Å². The maximum absolute atomic E-state index is 15.3. The fourth-order valence-electron chi connectivity index (χ4n) is 4.13. The second-order valence-corrected chi connectivity index (χ2v) is 8.22. The van der Waals surface area contributed by atoms with Crippen molar-refractivity contribution in [2.45, 2.75) is 26.7 Å². The van der Waals surface area contributed by atoms with Crippen molar-refractivity contribution in [1.82, 2.24) is 23.9 Å². The van der Waals surface area contributed by atoms with Crippen molar-refractivity contribution >= 4 is 10.9 Å². The molecular formula is C27H24FN5O4. The quantitative estimate of drug-likeness (QED) is 0.323. The van der Waals surface area contributed by atoms with Crippen LogP contribution in [0.2, 0.25) is 0 Å². The lowest BCUT2D eigenvalue weighted by molar-refractivity contribution is 0.0989. The zero-order valence-electron chi connectivity index (χ0n) is 20.3. The van der Waals surface area contributed by atoms with Crippen molar-refractivity contribution in [2.24, 2.45) is 0 Å². The molecule has 0 saturated heterocycles. The van der Waals surface area contributed by atoms with Crippen molar-refractivity contribution in [3.05, 3.63) is 111 Å². The van der Waals surface area contributed by atoms with Gasteiger partial charge in [-0.15, -0.1) is 5.10 Å². The van der Waals surface area contributed by atoms with Crippen LogP contribution in [0.5, 0.6) is 5.75 Å².